The topological polar surface area (TPSA) is 22.0 Å². The molecule has 74 valence electrons. The lowest BCUT2D eigenvalue weighted by Crippen LogP contribution is -1.94. The molecule has 2 heterocycles. The summed E-state index contributed by atoms with van der Waals surface area (Å²) in [7, 11) is 0. The first-order valence-electron chi connectivity index (χ1n) is 4.76. The van der Waals surface area contributed by atoms with E-state index < -0.39 is 0 Å². The number of fused-ring (bicyclic) bond motifs is 3. The van der Waals surface area contributed by atoms with Gasteiger partial charge in [-0.1, -0.05) is 24.3 Å². The number of hydrogen-bond acceptors (Lipinski definition) is 1. The molecule has 1 aliphatic rings. The fourth-order valence-corrected chi connectivity index (χ4v) is 2.37. The van der Waals surface area contributed by atoms with E-state index in [1.54, 1.807) is 0 Å². The van der Waals surface area contributed by atoms with Gasteiger partial charge in [-0.05, 0) is 23.7 Å². The third-order valence-electron chi connectivity index (χ3n) is 2.77. The molecule has 2 nitrogen and oxygen atoms in total. The first-order valence-corrected chi connectivity index (χ1v) is 5.14. The van der Waals surface area contributed by atoms with Crippen LogP contribution in [0.3, 0.4) is 0 Å². The Morgan fingerprint density at radius 3 is 2.93 bits per heavy atom. The molecule has 0 atom stereocenters. The SMILES string of the molecule is O=C(Cl)c1c2n(c3ccccc13)CC=C2. The van der Waals surface area contributed by atoms with Gasteiger partial charge in [-0.25, -0.2) is 0 Å². The highest BCUT2D eigenvalue weighted by atomic mass is 35.5. The Bertz CT molecular complexity index is 595. The molecule has 0 radical (unpaired) electrons. The molecule has 0 N–H and O–H groups in total. The summed E-state index contributed by atoms with van der Waals surface area (Å²) in [5.74, 6) is 0. The number of hydrogen-bond donors (Lipinski definition) is 0. The van der Waals surface area contributed by atoms with Gasteiger partial charge in [-0.3, -0.25) is 4.79 Å². The second-order valence-electron chi connectivity index (χ2n) is 3.56. The molecule has 0 fully saturated rings. The fraction of sp³-hybridized carbons (Fsp3) is 0.0833. The van der Waals surface area contributed by atoms with E-state index in [-0.39, 0.29) is 5.24 Å². The molecule has 0 aliphatic carbocycles. The third-order valence-corrected chi connectivity index (χ3v) is 2.96. The van der Waals surface area contributed by atoms with Crippen LogP contribution in [0.25, 0.3) is 17.0 Å². The van der Waals surface area contributed by atoms with Crippen molar-refractivity contribution < 1.29 is 4.79 Å². The smallest absolute Gasteiger partial charge is 0.255 e. The Kier molecular flexibility index (Phi) is 1.73. The molecule has 0 unspecified atom stereocenters. The molecule has 0 saturated carbocycles. The van der Waals surface area contributed by atoms with E-state index in [1.807, 2.05) is 36.4 Å². The summed E-state index contributed by atoms with van der Waals surface area (Å²) in [4.78, 5) is 11.4. The van der Waals surface area contributed by atoms with E-state index in [0.717, 1.165) is 23.1 Å². The lowest BCUT2D eigenvalue weighted by atomic mass is 10.1. The molecule has 15 heavy (non-hydrogen) atoms. The van der Waals surface area contributed by atoms with Crippen molar-refractivity contribution in [1.82, 2.24) is 4.57 Å². The average Bonchev–Trinajstić information content (AvgIpc) is 2.75. The Hall–Kier alpha value is -1.54. The van der Waals surface area contributed by atoms with Crippen LogP contribution in [-0.2, 0) is 6.54 Å². The second kappa shape index (κ2) is 2.97. The van der Waals surface area contributed by atoms with Crippen LogP contribution in [0.1, 0.15) is 16.1 Å². The second-order valence-corrected chi connectivity index (χ2v) is 3.91. The monoisotopic (exact) mass is 217 g/mol. The van der Waals surface area contributed by atoms with Crippen molar-refractivity contribution in [2.75, 3.05) is 0 Å². The predicted molar refractivity (Wildman–Crippen MR) is 61.2 cm³/mol. The Balaban J connectivity index is 2.50. The molecule has 0 spiro atoms. The molecule has 0 bridgehead atoms. The molecule has 0 saturated heterocycles. The van der Waals surface area contributed by atoms with Crippen LogP contribution in [0.2, 0.25) is 0 Å². The van der Waals surface area contributed by atoms with Crippen LogP contribution in [0.5, 0.6) is 0 Å². The summed E-state index contributed by atoms with van der Waals surface area (Å²) >= 11 is 5.62. The lowest BCUT2D eigenvalue weighted by molar-refractivity contribution is 0.108. The van der Waals surface area contributed by atoms with Crippen molar-refractivity contribution in [2.45, 2.75) is 6.54 Å². The number of para-hydroxylation sites is 1. The fourth-order valence-electron chi connectivity index (χ4n) is 2.17. The maximum atomic E-state index is 11.4. The van der Waals surface area contributed by atoms with Gasteiger partial charge in [0, 0.05) is 17.4 Å². The van der Waals surface area contributed by atoms with Gasteiger partial charge in [0.25, 0.3) is 5.24 Å². The van der Waals surface area contributed by atoms with Crippen LogP contribution < -0.4 is 0 Å². The molecule has 1 aliphatic heterocycles. The lowest BCUT2D eigenvalue weighted by Gasteiger charge is -1.97. The average molecular weight is 218 g/mol. The van der Waals surface area contributed by atoms with Gasteiger partial charge >= 0.3 is 0 Å². The first kappa shape index (κ1) is 8.74. The van der Waals surface area contributed by atoms with Crippen molar-refractivity contribution in [3.05, 3.63) is 41.6 Å². The highest BCUT2D eigenvalue weighted by molar-refractivity contribution is 6.69. The van der Waals surface area contributed by atoms with E-state index in [0.29, 0.717) is 5.56 Å². The van der Waals surface area contributed by atoms with Crippen LogP contribution in [0, 0.1) is 0 Å². The Labute approximate surface area is 91.8 Å². The molecule has 0 amide bonds. The summed E-state index contributed by atoms with van der Waals surface area (Å²) in [6.45, 7) is 0.819. The standard InChI is InChI=1S/C12H8ClNO/c13-12(15)11-8-4-1-2-5-9(8)14-7-3-6-10(11)14/h1-6H,7H2. The summed E-state index contributed by atoms with van der Waals surface area (Å²) in [6, 6.07) is 7.83. The third kappa shape index (κ3) is 1.08. The van der Waals surface area contributed by atoms with Gasteiger partial charge in [0.2, 0.25) is 0 Å². The van der Waals surface area contributed by atoms with Gasteiger partial charge in [-0.15, -0.1) is 0 Å². The van der Waals surface area contributed by atoms with Crippen molar-refractivity contribution in [3.63, 3.8) is 0 Å². The number of allylic oxidation sites excluding steroid dienone is 1. The minimum Gasteiger partial charge on any atom is -0.336 e. The van der Waals surface area contributed by atoms with Crippen LogP contribution in [0.4, 0.5) is 0 Å². The van der Waals surface area contributed by atoms with Gasteiger partial charge in [0.1, 0.15) is 0 Å². The van der Waals surface area contributed by atoms with E-state index in [4.69, 9.17) is 11.6 Å². The number of carbonyl (C=O) groups is 1. The number of rotatable bonds is 1. The summed E-state index contributed by atoms with van der Waals surface area (Å²) in [5, 5.41) is 0.559. The van der Waals surface area contributed by atoms with Gasteiger partial charge in [-0.2, -0.15) is 0 Å². The molecule has 3 rings (SSSR count). The van der Waals surface area contributed by atoms with E-state index >= 15 is 0 Å². The zero-order valence-corrected chi connectivity index (χ0v) is 8.66. The van der Waals surface area contributed by atoms with Crippen molar-refractivity contribution >= 4 is 33.8 Å². The van der Waals surface area contributed by atoms with Crippen LogP contribution in [-0.4, -0.2) is 9.81 Å². The Morgan fingerprint density at radius 2 is 2.13 bits per heavy atom. The zero-order valence-electron chi connectivity index (χ0n) is 7.90. The molecule has 1 aromatic carbocycles. The quantitative estimate of drug-likeness (QED) is 0.673. The molecule has 3 heteroatoms. The number of halogens is 1. The Morgan fingerprint density at radius 1 is 1.33 bits per heavy atom. The minimum absolute atomic E-state index is 0.383. The summed E-state index contributed by atoms with van der Waals surface area (Å²) < 4.78 is 2.10. The molecular weight excluding hydrogens is 210 g/mol. The number of nitrogens with zero attached hydrogens (tertiary/aromatic N) is 1. The van der Waals surface area contributed by atoms with E-state index in [2.05, 4.69) is 4.57 Å². The van der Waals surface area contributed by atoms with Crippen molar-refractivity contribution in [2.24, 2.45) is 0 Å². The number of benzene rings is 1. The van der Waals surface area contributed by atoms with Crippen molar-refractivity contribution in [1.29, 1.82) is 0 Å². The van der Waals surface area contributed by atoms with Crippen molar-refractivity contribution in [3.8, 4) is 0 Å². The highest BCUT2D eigenvalue weighted by Gasteiger charge is 2.20. The van der Waals surface area contributed by atoms with Crippen LogP contribution >= 0.6 is 11.6 Å². The van der Waals surface area contributed by atoms with Gasteiger partial charge in [0.05, 0.1) is 11.3 Å². The maximum absolute atomic E-state index is 11.4. The van der Waals surface area contributed by atoms with E-state index in [1.165, 1.54) is 0 Å². The van der Waals surface area contributed by atoms with Gasteiger partial charge < -0.3 is 4.57 Å². The normalized spacial score (nSPS) is 13.4. The van der Waals surface area contributed by atoms with Crippen LogP contribution in [0.15, 0.2) is 30.3 Å². The zero-order chi connectivity index (χ0) is 10.4. The minimum atomic E-state index is -0.383. The summed E-state index contributed by atoms with van der Waals surface area (Å²) in [5.41, 5.74) is 2.62. The highest BCUT2D eigenvalue weighted by Crippen LogP contribution is 2.31. The molecule has 1 aromatic heterocycles. The summed E-state index contributed by atoms with van der Waals surface area (Å²) in [6.07, 6.45) is 3.99. The first-order chi connectivity index (χ1) is 7.29. The largest absolute Gasteiger partial charge is 0.336 e. The molecule has 2 aromatic rings. The van der Waals surface area contributed by atoms with Gasteiger partial charge in [0.15, 0.2) is 0 Å². The molecular formula is C12H8ClNO. The predicted octanol–water partition coefficient (Wildman–Crippen LogP) is 3.05. The number of aromatic nitrogens is 1. The number of carbonyl (C=O) groups excluding carboxylic acids is 1. The maximum Gasteiger partial charge on any atom is 0.255 e. The van der Waals surface area contributed by atoms with E-state index in [9.17, 15) is 4.79 Å².